The van der Waals surface area contributed by atoms with Crippen molar-refractivity contribution >= 4 is 37.7 Å². The van der Waals surface area contributed by atoms with Gasteiger partial charge in [0.1, 0.15) is 5.25 Å². The quantitative estimate of drug-likeness (QED) is 0.831. The zero-order chi connectivity index (χ0) is 13.5. The number of hydrogen-bond donors (Lipinski definition) is 1. The molecule has 0 radical (unpaired) electrons. The first-order chi connectivity index (χ1) is 8.30. The Balaban J connectivity index is 2.36. The van der Waals surface area contributed by atoms with E-state index in [1.807, 2.05) is 0 Å². The third-order valence-electron chi connectivity index (χ3n) is 2.74. The summed E-state index contributed by atoms with van der Waals surface area (Å²) < 4.78 is 34.8. The van der Waals surface area contributed by atoms with Crippen molar-refractivity contribution < 1.29 is 22.2 Å². The van der Waals surface area contributed by atoms with Gasteiger partial charge in [-0.05, 0) is 28.1 Å². The van der Waals surface area contributed by atoms with Gasteiger partial charge >= 0.3 is 10.2 Å². The van der Waals surface area contributed by atoms with E-state index in [9.17, 15) is 22.2 Å². The molecular weight excluding hydrogens is 329 g/mol. The molecule has 98 valence electrons. The van der Waals surface area contributed by atoms with E-state index in [-0.39, 0.29) is 18.0 Å². The molecule has 1 aromatic carbocycles. The molecule has 1 aliphatic heterocycles. The number of hydrogen-bond acceptors (Lipinski definition) is 4. The number of phenols is 1. The third kappa shape index (κ3) is 2.35. The molecule has 1 aliphatic rings. The minimum Gasteiger partial charge on any atom is -0.505 e. The van der Waals surface area contributed by atoms with Crippen LogP contribution < -0.4 is 4.90 Å². The lowest BCUT2D eigenvalue weighted by atomic mass is 10.2. The predicted molar refractivity (Wildman–Crippen MR) is 66.6 cm³/mol. The normalized spacial score (nSPS) is 20.4. The number of carbonyl (C=O) groups excluding carboxylic acids is 1. The standard InChI is InChI=1S/C10H9BrFNO4S/c11-7-2-1-3-8(10(7)15)13-5-6(4-9(13)14)18(12,16)17/h1-3,6,15H,4-5H2. The van der Waals surface area contributed by atoms with E-state index in [0.29, 0.717) is 4.47 Å². The highest BCUT2D eigenvalue weighted by atomic mass is 79.9. The van der Waals surface area contributed by atoms with E-state index in [0.717, 1.165) is 4.90 Å². The zero-order valence-corrected chi connectivity index (χ0v) is 11.4. The van der Waals surface area contributed by atoms with Crippen molar-refractivity contribution in [2.75, 3.05) is 11.4 Å². The smallest absolute Gasteiger partial charge is 0.307 e. The predicted octanol–water partition coefficient (Wildman–Crippen LogP) is 1.56. The fourth-order valence-electron chi connectivity index (χ4n) is 1.82. The molecule has 18 heavy (non-hydrogen) atoms. The number of anilines is 1. The van der Waals surface area contributed by atoms with Gasteiger partial charge in [0.05, 0.1) is 10.2 Å². The Morgan fingerprint density at radius 2 is 2.11 bits per heavy atom. The van der Waals surface area contributed by atoms with Crippen LogP contribution in [0.25, 0.3) is 0 Å². The molecule has 0 spiro atoms. The number of nitrogens with zero attached hydrogens (tertiary/aromatic N) is 1. The lowest BCUT2D eigenvalue weighted by Gasteiger charge is -2.17. The molecule has 5 nitrogen and oxygen atoms in total. The van der Waals surface area contributed by atoms with Crippen LogP contribution in [0.15, 0.2) is 22.7 Å². The Kier molecular flexibility index (Phi) is 3.33. The molecule has 8 heteroatoms. The second-order valence-corrected chi connectivity index (χ2v) is 6.39. The summed E-state index contributed by atoms with van der Waals surface area (Å²) in [7, 11) is -4.76. The maximum atomic E-state index is 12.9. The highest BCUT2D eigenvalue weighted by Gasteiger charge is 2.39. The number of carbonyl (C=O) groups is 1. The van der Waals surface area contributed by atoms with Crippen LogP contribution >= 0.6 is 15.9 Å². The fourth-order valence-corrected chi connectivity index (χ4v) is 2.84. The van der Waals surface area contributed by atoms with Crippen LogP contribution in [0.5, 0.6) is 5.75 Å². The summed E-state index contributed by atoms with van der Waals surface area (Å²) >= 11 is 3.09. The van der Waals surface area contributed by atoms with E-state index in [1.165, 1.54) is 6.07 Å². The number of amides is 1. The SMILES string of the molecule is O=C1CC(S(=O)(=O)F)CN1c1cccc(Br)c1O. The maximum Gasteiger partial charge on any atom is 0.307 e. The van der Waals surface area contributed by atoms with Gasteiger partial charge in [0.25, 0.3) is 0 Å². The van der Waals surface area contributed by atoms with Gasteiger partial charge in [-0.1, -0.05) is 6.07 Å². The molecule has 0 aromatic heterocycles. The van der Waals surface area contributed by atoms with Gasteiger partial charge in [0, 0.05) is 13.0 Å². The molecule has 1 fully saturated rings. The molecule has 1 unspecified atom stereocenters. The molecule has 0 bridgehead atoms. The molecule has 1 heterocycles. The third-order valence-corrected chi connectivity index (χ3v) is 4.50. The summed E-state index contributed by atoms with van der Waals surface area (Å²) in [4.78, 5) is 12.7. The molecular formula is C10H9BrFNO4S. The Bertz CT molecular complexity index is 604. The molecule has 1 saturated heterocycles. The Labute approximate surface area is 112 Å². The average Bonchev–Trinajstić information content (AvgIpc) is 2.64. The lowest BCUT2D eigenvalue weighted by molar-refractivity contribution is -0.117. The first-order valence-electron chi connectivity index (χ1n) is 5.02. The number of phenolic OH excluding ortho intramolecular Hbond substituents is 1. The number of rotatable bonds is 2. The molecule has 0 saturated carbocycles. The summed E-state index contributed by atoms with van der Waals surface area (Å²) in [6, 6.07) is 4.62. The maximum absolute atomic E-state index is 12.9. The Morgan fingerprint density at radius 1 is 1.44 bits per heavy atom. The van der Waals surface area contributed by atoms with Crippen molar-refractivity contribution in [3.63, 3.8) is 0 Å². The van der Waals surface area contributed by atoms with Gasteiger partial charge < -0.3 is 10.0 Å². The average molecular weight is 338 g/mol. The highest BCUT2D eigenvalue weighted by molar-refractivity contribution is 9.10. The van der Waals surface area contributed by atoms with Crippen LogP contribution in [0.1, 0.15) is 6.42 Å². The van der Waals surface area contributed by atoms with Crippen LogP contribution in [0.2, 0.25) is 0 Å². The van der Waals surface area contributed by atoms with Gasteiger partial charge in [-0.3, -0.25) is 4.79 Å². The van der Waals surface area contributed by atoms with Crippen molar-refractivity contribution in [1.29, 1.82) is 0 Å². The van der Waals surface area contributed by atoms with E-state index >= 15 is 0 Å². The number of para-hydroxylation sites is 1. The first-order valence-corrected chi connectivity index (χ1v) is 7.26. The first kappa shape index (κ1) is 13.3. The van der Waals surface area contributed by atoms with Gasteiger partial charge in [-0.25, -0.2) is 0 Å². The minimum absolute atomic E-state index is 0.167. The molecule has 0 aliphatic carbocycles. The van der Waals surface area contributed by atoms with E-state index < -0.39 is 27.8 Å². The van der Waals surface area contributed by atoms with Crippen LogP contribution in [0, 0.1) is 0 Å². The summed E-state index contributed by atoms with van der Waals surface area (Å²) in [6.07, 6.45) is -0.412. The van der Waals surface area contributed by atoms with Gasteiger partial charge in [-0.15, -0.1) is 3.89 Å². The largest absolute Gasteiger partial charge is 0.505 e. The number of halogens is 2. The van der Waals surface area contributed by atoms with E-state index in [2.05, 4.69) is 15.9 Å². The van der Waals surface area contributed by atoms with Crippen LogP contribution in [-0.4, -0.2) is 31.2 Å². The lowest BCUT2D eigenvalue weighted by Crippen LogP contribution is -2.26. The van der Waals surface area contributed by atoms with Crippen molar-refractivity contribution in [2.24, 2.45) is 0 Å². The molecule has 1 aromatic rings. The highest BCUT2D eigenvalue weighted by Crippen LogP contribution is 2.37. The van der Waals surface area contributed by atoms with Gasteiger partial charge in [-0.2, -0.15) is 8.42 Å². The fraction of sp³-hybridized carbons (Fsp3) is 0.300. The number of aromatic hydroxyl groups is 1. The van der Waals surface area contributed by atoms with E-state index in [1.54, 1.807) is 12.1 Å². The molecule has 1 atom stereocenters. The van der Waals surface area contributed by atoms with Crippen LogP contribution in [0.3, 0.4) is 0 Å². The molecule has 2 rings (SSSR count). The van der Waals surface area contributed by atoms with E-state index in [4.69, 9.17) is 0 Å². The second kappa shape index (κ2) is 4.51. The van der Waals surface area contributed by atoms with Gasteiger partial charge in [0.2, 0.25) is 5.91 Å². The summed E-state index contributed by atoms with van der Waals surface area (Å²) in [5.74, 6) is -0.711. The number of benzene rings is 1. The Morgan fingerprint density at radius 3 is 2.67 bits per heavy atom. The van der Waals surface area contributed by atoms with Crippen LogP contribution in [0.4, 0.5) is 9.57 Å². The molecule has 1 N–H and O–H groups in total. The topological polar surface area (TPSA) is 74.7 Å². The second-order valence-electron chi connectivity index (χ2n) is 3.91. The summed E-state index contributed by atoms with van der Waals surface area (Å²) in [5, 5.41) is 8.41. The van der Waals surface area contributed by atoms with Crippen LogP contribution in [-0.2, 0) is 15.0 Å². The molecule has 1 amide bonds. The summed E-state index contributed by atoms with van der Waals surface area (Å²) in [6.45, 7) is -0.290. The monoisotopic (exact) mass is 337 g/mol. The van der Waals surface area contributed by atoms with Gasteiger partial charge in [0.15, 0.2) is 5.75 Å². The zero-order valence-electron chi connectivity index (χ0n) is 9.01. The van der Waals surface area contributed by atoms with Crippen molar-refractivity contribution in [3.05, 3.63) is 22.7 Å². The van der Waals surface area contributed by atoms with Crippen molar-refractivity contribution in [3.8, 4) is 5.75 Å². The minimum atomic E-state index is -4.76. The van der Waals surface area contributed by atoms with Crippen molar-refractivity contribution in [1.82, 2.24) is 0 Å². The Hall–Kier alpha value is -1.15. The van der Waals surface area contributed by atoms with Crippen molar-refractivity contribution in [2.45, 2.75) is 11.7 Å². The summed E-state index contributed by atoms with van der Waals surface area (Å²) in [5.41, 5.74) is 0.167.